The average Bonchev–Trinajstić information content (AvgIpc) is 3.09. The Morgan fingerprint density at radius 3 is 3.10 bits per heavy atom. The normalized spacial score (nSPS) is 10.0. The molecule has 2 aromatic heterocycles. The van der Waals surface area contributed by atoms with Gasteiger partial charge in [0.25, 0.3) is 5.91 Å². The van der Waals surface area contributed by atoms with E-state index >= 15 is 0 Å². The van der Waals surface area contributed by atoms with E-state index < -0.39 is 0 Å². The Balaban J connectivity index is 1.84. The Morgan fingerprint density at radius 1 is 1.52 bits per heavy atom. The maximum Gasteiger partial charge on any atom is 0.261 e. The Kier molecular flexibility index (Phi) is 5.49. The quantitative estimate of drug-likeness (QED) is 0.792. The number of carbonyl (C=O) groups excluding carboxylic acids is 1. The number of nitrogens with one attached hydrogen (secondary N) is 1. The van der Waals surface area contributed by atoms with Crippen molar-refractivity contribution in [1.82, 2.24) is 20.1 Å². The van der Waals surface area contributed by atoms with Crippen molar-refractivity contribution >= 4 is 17.2 Å². The Bertz CT molecular complexity index is 666. The first kappa shape index (κ1) is 15.2. The summed E-state index contributed by atoms with van der Waals surface area (Å²) in [5.41, 5.74) is 0. The van der Waals surface area contributed by atoms with Gasteiger partial charge in [-0.25, -0.2) is 0 Å². The van der Waals surface area contributed by atoms with Gasteiger partial charge in [0, 0.05) is 26.4 Å². The SMILES string of the molecule is Cn1cnnc1CCNC(=O)c1ccc(C#CCCO)s1. The van der Waals surface area contributed by atoms with Crippen LogP contribution in [0.2, 0.25) is 0 Å². The van der Waals surface area contributed by atoms with Gasteiger partial charge in [0.15, 0.2) is 0 Å². The maximum atomic E-state index is 12.0. The lowest BCUT2D eigenvalue weighted by Crippen LogP contribution is -2.25. The molecule has 7 heteroatoms. The first-order valence-corrected chi connectivity index (χ1v) is 7.33. The molecule has 0 bridgehead atoms. The molecule has 0 aliphatic rings. The molecule has 0 aliphatic heterocycles. The standard InChI is InChI=1S/C14H16N4O2S/c1-18-10-16-17-13(18)7-8-15-14(20)12-6-5-11(21-12)4-2-3-9-19/h5-6,10,19H,3,7-9H2,1H3,(H,15,20). The predicted molar refractivity (Wildman–Crippen MR) is 79.9 cm³/mol. The second-order valence-electron chi connectivity index (χ2n) is 4.30. The summed E-state index contributed by atoms with van der Waals surface area (Å²) in [4.78, 5) is 13.4. The summed E-state index contributed by atoms with van der Waals surface area (Å²) in [6.07, 6.45) is 2.71. The molecule has 21 heavy (non-hydrogen) atoms. The highest BCUT2D eigenvalue weighted by Crippen LogP contribution is 2.15. The molecule has 110 valence electrons. The van der Waals surface area contributed by atoms with Crippen LogP contribution < -0.4 is 5.32 Å². The largest absolute Gasteiger partial charge is 0.395 e. The van der Waals surface area contributed by atoms with E-state index in [-0.39, 0.29) is 12.5 Å². The van der Waals surface area contributed by atoms with E-state index in [4.69, 9.17) is 5.11 Å². The zero-order valence-electron chi connectivity index (χ0n) is 11.7. The number of aliphatic hydroxyl groups excluding tert-OH is 1. The lowest BCUT2D eigenvalue weighted by Gasteiger charge is -2.02. The fourth-order valence-electron chi connectivity index (χ4n) is 1.64. The number of aliphatic hydroxyl groups is 1. The summed E-state index contributed by atoms with van der Waals surface area (Å²) >= 11 is 1.34. The molecule has 0 aliphatic carbocycles. The maximum absolute atomic E-state index is 12.0. The zero-order valence-corrected chi connectivity index (χ0v) is 12.5. The minimum Gasteiger partial charge on any atom is -0.395 e. The van der Waals surface area contributed by atoms with E-state index in [0.717, 1.165) is 10.7 Å². The summed E-state index contributed by atoms with van der Waals surface area (Å²) in [6, 6.07) is 3.57. The third kappa shape index (κ3) is 4.41. The van der Waals surface area contributed by atoms with E-state index in [2.05, 4.69) is 27.4 Å². The zero-order chi connectivity index (χ0) is 15.1. The van der Waals surface area contributed by atoms with Crippen molar-refractivity contribution < 1.29 is 9.90 Å². The summed E-state index contributed by atoms with van der Waals surface area (Å²) in [5, 5.41) is 19.2. The molecule has 0 atom stereocenters. The first-order chi connectivity index (χ1) is 10.2. The van der Waals surface area contributed by atoms with Gasteiger partial charge in [0.2, 0.25) is 0 Å². The Morgan fingerprint density at radius 2 is 2.38 bits per heavy atom. The van der Waals surface area contributed by atoms with Gasteiger partial charge in [-0.3, -0.25) is 4.79 Å². The molecule has 0 saturated heterocycles. The monoisotopic (exact) mass is 304 g/mol. The van der Waals surface area contributed by atoms with Crippen molar-refractivity contribution in [2.75, 3.05) is 13.2 Å². The summed E-state index contributed by atoms with van der Waals surface area (Å²) in [6.45, 7) is 0.558. The summed E-state index contributed by atoms with van der Waals surface area (Å²) < 4.78 is 1.83. The number of carbonyl (C=O) groups is 1. The van der Waals surface area contributed by atoms with Crippen molar-refractivity contribution in [2.45, 2.75) is 12.8 Å². The van der Waals surface area contributed by atoms with Gasteiger partial charge in [0.1, 0.15) is 12.2 Å². The van der Waals surface area contributed by atoms with Crippen LogP contribution in [0, 0.1) is 11.8 Å². The van der Waals surface area contributed by atoms with Crippen LogP contribution in [0.15, 0.2) is 18.5 Å². The van der Waals surface area contributed by atoms with Crippen molar-refractivity contribution in [1.29, 1.82) is 0 Å². The lowest BCUT2D eigenvalue weighted by atomic mass is 10.3. The molecule has 0 saturated carbocycles. The van der Waals surface area contributed by atoms with E-state index in [9.17, 15) is 4.79 Å². The van der Waals surface area contributed by atoms with Crippen molar-refractivity contribution in [3.63, 3.8) is 0 Å². The van der Waals surface area contributed by atoms with Gasteiger partial charge in [-0.15, -0.1) is 21.5 Å². The van der Waals surface area contributed by atoms with Crippen LogP contribution in [-0.4, -0.2) is 38.9 Å². The van der Waals surface area contributed by atoms with Gasteiger partial charge in [-0.05, 0) is 12.1 Å². The Hall–Kier alpha value is -2.17. The molecule has 0 spiro atoms. The molecule has 1 amide bonds. The van der Waals surface area contributed by atoms with E-state index in [0.29, 0.717) is 24.3 Å². The molecular formula is C14H16N4O2S. The van der Waals surface area contributed by atoms with Crippen LogP contribution in [0.5, 0.6) is 0 Å². The van der Waals surface area contributed by atoms with Gasteiger partial charge in [0.05, 0.1) is 16.4 Å². The van der Waals surface area contributed by atoms with Crippen molar-refractivity contribution in [3.05, 3.63) is 34.0 Å². The van der Waals surface area contributed by atoms with E-state index in [1.54, 1.807) is 12.4 Å². The molecule has 0 unspecified atom stereocenters. The topological polar surface area (TPSA) is 80.0 Å². The lowest BCUT2D eigenvalue weighted by molar-refractivity contribution is 0.0958. The molecule has 0 fully saturated rings. The molecule has 0 radical (unpaired) electrons. The van der Waals surface area contributed by atoms with E-state index in [1.165, 1.54) is 11.3 Å². The van der Waals surface area contributed by atoms with Crippen LogP contribution in [0.3, 0.4) is 0 Å². The Labute approximate surface area is 126 Å². The number of rotatable bonds is 5. The molecule has 2 N–H and O–H groups in total. The third-order valence-corrected chi connectivity index (χ3v) is 3.72. The number of amides is 1. The second kappa shape index (κ2) is 7.57. The molecule has 2 aromatic rings. The van der Waals surface area contributed by atoms with Crippen LogP contribution in [-0.2, 0) is 13.5 Å². The van der Waals surface area contributed by atoms with Crippen LogP contribution in [0.4, 0.5) is 0 Å². The smallest absolute Gasteiger partial charge is 0.261 e. The highest BCUT2D eigenvalue weighted by molar-refractivity contribution is 7.14. The van der Waals surface area contributed by atoms with Crippen LogP contribution >= 0.6 is 11.3 Å². The van der Waals surface area contributed by atoms with Crippen molar-refractivity contribution in [2.24, 2.45) is 7.05 Å². The highest BCUT2D eigenvalue weighted by Gasteiger charge is 2.08. The summed E-state index contributed by atoms with van der Waals surface area (Å²) in [5.74, 6) is 6.46. The highest BCUT2D eigenvalue weighted by atomic mass is 32.1. The molecular weight excluding hydrogens is 288 g/mol. The number of aromatic nitrogens is 3. The fourth-order valence-corrected chi connectivity index (χ4v) is 2.44. The molecule has 2 heterocycles. The van der Waals surface area contributed by atoms with E-state index in [1.807, 2.05) is 17.7 Å². The predicted octanol–water partition coefficient (Wildman–Crippen LogP) is 0.583. The third-order valence-electron chi connectivity index (χ3n) is 2.72. The van der Waals surface area contributed by atoms with Gasteiger partial charge in [-0.1, -0.05) is 11.8 Å². The first-order valence-electron chi connectivity index (χ1n) is 6.51. The van der Waals surface area contributed by atoms with Gasteiger partial charge in [-0.2, -0.15) is 0 Å². The van der Waals surface area contributed by atoms with Crippen molar-refractivity contribution in [3.8, 4) is 11.8 Å². The van der Waals surface area contributed by atoms with Gasteiger partial charge < -0.3 is 15.0 Å². The number of hydrogen-bond donors (Lipinski definition) is 2. The minimum atomic E-state index is -0.114. The number of hydrogen-bond acceptors (Lipinski definition) is 5. The van der Waals surface area contributed by atoms with Gasteiger partial charge >= 0.3 is 0 Å². The van der Waals surface area contributed by atoms with Crippen LogP contribution in [0.1, 0.15) is 26.8 Å². The number of aryl methyl sites for hydroxylation is 1. The second-order valence-corrected chi connectivity index (χ2v) is 5.39. The number of thiophene rings is 1. The average molecular weight is 304 g/mol. The fraction of sp³-hybridized carbons (Fsp3) is 0.357. The molecule has 6 nitrogen and oxygen atoms in total. The molecule has 0 aromatic carbocycles. The summed E-state index contributed by atoms with van der Waals surface area (Å²) in [7, 11) is 1.87. The number of nitrogens with zero attached hydrogens (tertiary/aromatic N) is 3. The molecule has 2 rings (SSSR count). The van der Waals surface area contributed by atoms with Crippen LogP contribution in [0.25, 0.3) is 0 Å². The minimum absolute atomic E-state index is 0.0494.